The maximum Gasteiger partial charge on any atom is 0.465 e. The minimum Gasteiger partial charge on any atom is -0.497 e. The van der Waals surface area contributed by atoms with Crippen molar-refractivity contribution in [1.82, 2.24) is 5.32 Å². The SMILES string of the molecule is COc1cccc(C(CNC(=O)C(F)(F)C(F)(F)F)OC(=O)C(F)(F)C(F)(F)F)c1. The van der Waals surface area contributed by atoms with Crippen molar-refractivity contribution in [3.05, 3.63) is 29.8 Å². The molecule has 0 aliphatic heterocycles. The minimum absolute atomic E-state index is 0.0666. The zero-order valence-corrected chi connectivity index (χ0v) is 14.5. The number of nitrogens with one attached hydrogen (secondary N) is 1. The predicted octanol–water partition coefficient (Wildman–Crippen LogP) is 3.79. The number of hydrogen-bond acceptors (Lipinski definition) is 4. The lowest BCUT2D eigenvalue weighted by atomic mass is 10.1. The second kappa shape index (κ2) is 8.55. The molecule has 0 aliphatic carbocycles. The molecule has 0 fully saturated rings. The number of rotatable bonds is 7. The maximum absolute atomic E-state index is 13.1. The molecule has 1 N–H and O–H groups in total. The molecule has 1 amide bonds. The molecule has 170 valence electrons. The molecule has 1 aromatic rings. The van der Waals surface area contributed by atoms with Crippen LogP contribution in [0.4, 0.5) is 43.9 Å². The minimum atomic E-state index is -6.38. The molecule has 1 unspecified atom stereocenters. The van der Waals surface area contributed by atoms with Crippen LogP contribution in [-0.2, 0) is 14.3 Å². The third-order valence-corrected chi connectivity index (χ3v) is 3.42. The number of carbonyl (C=O) groups excluding carboxylic acids is 2. The molecule has 0 saturated carbocycles. The highest BCUT2D eigenvalue weighted by Crippen LogP contribution is 2.38. The Labute approximate surface area is 160 Å². The number of alkyl halides is 10. The van der Waals surface area contributed by atoms with Crippen LogP contribution in [0.3, 0.4) is 0 Å². The summed E-state index contributed by atoms with van der Waals surface area (Å²) in [5, 5.41) is 1.01. The average Bonchev–Trinajstić information content (AvgIpc) is 2.62. The normalized spacial score (nSPS) is 14.1. The molecule has 0 aromatic heterocycles. The smallest absolute Gasteiger partial charge is 0.465 e. The van der Waals surface area contributed by atoms with Crippen LogP contribution in [0.2, 0.25) is 0 Å². The first kappa shape index (κ1) is 25.3. The van der Waals surface area contributed by atoms with Gasteiger partial charge in [-0.2, -0.15) is 43.9 Å². The van der Waals surface area contributed by atoms with Gasteiger partial charge in [0.2, 0.25) is 0 Å². The molecule has 15 heteroatoms. The Morgan fingerprint density at radius 1 is 0.933 bits per heavy atom. The van der Waals surface area contributed by atoms with Crippen molar-refractivity contribution >= 4 is 11.9 Å². The first-order valence-electron chi connectivity index (χ1n) is 7.47. The van der Waals surface area contributed by atoms with Crippen molar-refractivity contribution < 1.29 is 63.0 Å². The number of esters is 1. The molecular formula is C15H11F10NO4. The van der Waals surface area contributed by atoms with Gasteiger partial charge >= 0.3 is 36.1 Å². The van der Waals surface area contributed by atoms with Gasteiger partial charge in [0.1, 0.15) is 11.9 Å². The van der Waals surface area contributed by atoms with Crippen molar-refractivity contribution in [3.63, 3.8) is 0 Å². The summed E-state index contributed by atoms with van der Waals surface area (Å²) in [6.45, 7) is -1.49. The fourth-order valence-corrected chi connectivity index (χ4v) is 1.81. The third kappa shape index (κ3) is 5.44. The van der Waals surface area contributed by atoms with Crippen molar-refractivity contribution in [2.24, 2.45) is 0 Å². The van der Waals surface area contributed by atoms with E-state index in [1.807, 2.05) is 0 Å². The van der Waals surface area contributed by atoms with E-state index < -0.39 is 54.3 Å². The van der Waals surface area contributed by atoms with Gasteiger partial charge in [-0.15, -0.1) is 0 Å². The quantitative estimate of drug-likeness (QED) is 0.498. The maximum atomic E-state index is 13.1. The summed E-state index contributed by atoms with van der Waals surface area (Å²) in [7, 11) is 1.10. The zero-order valence-electron chi connectivity index (χ0n) is 14.5. The number of halogens is 10. The molecule has 0 radical (unpaired) electrons. The number of ether oxygens (including phenoxy) is 2. The molecule has 0 heterocycles. The summed E-state index contributed by atoms with van der Waals surface area (Å²) >= 11 is 0. The van der Waals surface area contributed by atoms with Gasteiger partial charge in [-0.3, -0.25) is 4.79 Å². The van der Waals surface area contributed by atoms with Crippen molar-refractivity contribution in [1.29, 1.82) is 0 Å². The Hall–Kier alpha value is -2.74. The summed E-state index contributed by atoms with van der Waals surface area (Å²) in [4.78, 5) is 22.4. The largest absolute Gasteiger partial charge is 0.497 e. The van der Waals surface area contributed by atoms with Gasteiger partial charge in [-0.25, -0.2) is 4.79 Å². The highest BCUT2D eigenvalue weighted by molar-refractivity contribution is 5.84. The molecule has 0 bridgehead atoms. The summed E-state index contributed by atoms with van der Waals surface area (Å²) < 4.78 is 134. The number of carbonyl (C=O) groups is 2. The third-order valence-electron chi connectivity index (χ3n) is 3.42. The van der Waals surface area contributed by atoms with Crippen LogP contribution in [0.1, 0.15) is 11.7 Å². The van der Waals surface area contributed by atoms with Crippen molar-refractivity contribution in [2.45, 2.75) is 30.3 Å². The zero-order chi connectivity index (χ0) is 23.5. The molecule has 1 aromatic carbocycles. The van der Waals surface area contributed by atoms with Crippen LogP contribution in [0.5, 0.6) is 5.75 Å². The lowest BCUT2D eigenvalue weighted by molar-refractivity contribution is -0.282. The van der Waals surface area contributed by atoms with Gasteiger partial charge in [-0.05, 0) is 17.7 Å². The van der Waals surface area contributed by atoms with Gasteiger partial charge in [0, 0.05) is 0 Å². The predicted molar refractivity (Wildman–Crippen MR) is 76.8 cm³/mol. The van der Waals surface area contributed by atoms with E-state index in [1.54, 1.807) is 0 Å². The average molecular weight is 459 g/mol. The summed E-state index contributed by atoms with van der Waals surface area (Å²) in [5.74, 6) is -18.1. The Balaban J connectivity index is 3.17. The van der Waals surface area contributed by atoms with Crippen LogP contribution >= 0.6 is 0 Å². The van der Waals surface area contributed by atoms with Crippen LogP contribution in [-0.4, -0.2) is 49.7 Å². The summed E-state index contributed by atoms with van der Waals surface area (Å²) in [6, 6.07) is 4.20. The van der Waals surface area contributed by atoms with E-state index in [9.17, 15) is 53.5 Å². The van der Waals surface area contributed by atoms with E-state index >= 15 is 0 Å². The van der Waals surface area contributed by atoms with E-state index in [4.69, 9.17) is 4.74 Å². The molecule has 1 rings (SSSR count). The van der Waals surface area contributed by atoms with E-state index in [1.165, 1.54) is 6.07 Å². The first-order valence-corrected chi connectivity index (χ1v) is 7.47. The Morgan fingerprint density at radius 3 is 1.93 bits per heavy atom. The second-order valence-corrected chi connectivity index (χ2v) is 5.52. The summed E-state index contributed by atoms with van der Waals surface area (Å²) in [5.41, 5.74) is -0.448. The van der Waals surface area contributed by atoms with Crippen LogP contribution in [0.15, 0.2) is 24.3 Å². The Morgan fingerprint density at radius 2 is 1.47 bits per heavy atom. The topological polar surface area (TPSA) is 64.6 Å². The van der Waals surface area contributed by atoms with Gasteiger partial charge in [0.25, 0.3) is 0 Å². The molecule has 0 aliphatic rings. The molecule has 0 saturated heterocycles. The summed E-state index contributed by atoms with van der Waals surface area (Å²) in [6.07, 6.45) is -15.0. The van der Waals surface area contributed by atoms with E-state index in [-0.39, 0.29) is 5.75 Å². The van der Waals surface area contributed by atoms with Gasteiger partial charge < -0.3 is 14.8 Å². The molecule has 5 nitrogen and oxygen atoms in total. The molecule has 30 heavy (non-hydrogen) atoms. The van der Waals surface area contributed by atoms with Gasteiger partial charge in [-0.1, -0.05) is 12.1 Å². The lowest BCUT2D eigenvalue weighted by Crippen LogP contribution is -2.51. The fourth-order valence-electron chi connectivity index (χ4n) is 1.81. The monoisotopic (exact) mass is 459 g/mol. The molecular weight excluding hydrogens is 448 g/mol. The first-order chi connectivity index (χ1) is 13.4. The number of methoxy groups -OCH3 is 1. The van der Waals surface area contributed by atoms with Gasteiger partial charge in [0.15, 0.2) is 0 Å². The lowest BCUT2D eigenvalue weighted by Gasteiger charge is -2.25. The molecule has 1 atom stereocenters. The number of amides is 1. The van der Waals surface area contributed by atoms with Crippen LogP contribution in [0, 0.1) is 0 Å². The molecule has 0 spiro atoms. The van der Waals surface area contributed by atoms with Gasteiger partial charge in [0.05, 0.1) is 13.7 Å². The Kier molecular flexibility index (Phi) is 7.21. The van der Waals surface area contributed by atoms with Crippen LogP contribution < -0.4 is 10.1 Å². The number of hydrogen-bond donors (Lipinski definition) is 1. The van der Waals surface area contributed by atoms with E-state index in [0.29, 0.717) is 0 Å². The van der Waals surface area contributed by atoms with Crippen molar-refractivity contribution in [3.8, 4) is 5.75 Å². The van der Waals surface area contributed by atoms with E-state index in [2.05, 4.69) is 4.74 Å². The Bertz CT molecular complexity index is 775. The highest BCUT2D eigenvalue weighted by atomic mass is 19.4. The number of benzene rings is 1. The second-order valence-electron chi connectivity index (χ2n) is 5.52. The van der Waals surface area contributed by atoms with E-state index in [0.717, 1.165) is 30.6 Å². The fraction of sp³-hybridized carbons (Fsp3) is 0.467. The standard InChI is InChI=1S/C15H11F10NO4/c1-29-8-4-2-3-7(5-8)9(30-11(28)13(18,19)15(23,24)25)6-26-10(27)12(16,17)14(20,21)22/h2-5,9H,6H2,1H3,(H,26,27). The van der Waals surface area contributed by atoms with Crippen molar-refractivity contribution in [2.75, 3.05) is 13.7 Å². The van der Waals surface area contributed by atoms with Crippen LogP contribution in [0.25, 0.3) is 0 Å². The highest BCUT2D eigenvalue weighted by Gasteiger charge is 2.65.